The van der Waals surface area contributed by atoms with Gasteiger partial charge >= 0.3 is 0 Å². The predicted octanol–water partition coefficient (Wildman–Crippen LogP) is 4.19. The molecule has 41 heavy (non-hydrogen) atoms. The Labute approximate surface area is 253 Å². The van der Waals surface area contributed by atoms with Crippen LogP contribution in [0.2, 0.25) is 0 Å². The van der Waals surface area contributed by atoms with Crippen molar-refractivity contribution in [1.29, 1.82) is 0 Å². The van der Waals surface area contributed by atoms with Gasteiger partial charge in [0.15, 0.2) is 0 Å². The first-order valence-electron chi connectivity index (χ1n) is 14.1. The number of rotatable bonds is 8. The lowest BCUT2D eigenvalue weighted by Gasteiger charge is -2.41. The van der Waals surface area contributed by atoms with Gasteiger partial charge in [0.2, 0.25) is 11.8 Å². The summed E-state index contributed by atoms with van der Waals surface area (Å²) < 4.78 is 6.92. The van der Waals surface area contributed by atoms with Gasteiger partial charge in [-0.3, -0.25) is 24.6 Å². The molecular formula is C32H33IN4O4. The number of nitrogens with one attached hydrogen (secondary N) is 2. The van der Waals surface area contributed by atoms with Gasteiger partial charge in [-0.2, -0.15) is 0 Å². The first-order valence-corrected chi connectivity index (χ1v) is 15.4. The third kappa shape index (κ3) is 6.17. The molecule has 2 fully saturated rings. The van der Waals surface area contributed by atoms with Gasteiger partial charge in [-0.15, -0.1) is 0 Å². The Balaban J connectivity index is 1.19. The molecule has 212 valence electrons. The van der Waals surface area contributed by atoms with Crippen LogP contribution in [-0.4, -0.2) is 58.8 Å². The van der Waals surface area contributed by atoms with Gasteiger partial charge < -0.3 is 15.0 Å². The van der Waals surface area contributed by atoms with E-state index in [1.807, 2.05) is 24.3 Å². The Hall–Kier alpha value is -3.28. The van der Waals surface area contributed by atoms with Gasteiger partial charge in [-0.25, -0.2) is 0 Å². The van der Waals surface area contributed by atoms with Crippen molar-refractivity contribution >= 4 is 40.3 Å². The van der Waals surface area contributed by atoms with Gasteiger partial charge in [-0.05, 0) is 47.7 Å². The standard InChI is InChI=1S/C32H33IN4O4/c33-30(22-9-5-2-6-10-22)36-16-15-26(34-18-21-7-3-1-4-8-21)28(20-36)41-24-11-12-25-23(17-24)19-37(32(25)40)27-13-14-29(38)35-31(27)39/h1-12,17,26-28,30,34H,13-16,18-20H2,(H,35,38,39)/t26?,27?,28-,30+/m0/s1. The molecule has 2 unspecified atom stereocenters. The molecule has 6 rings (SSSR count). The zero-order valence-electron chi connectivity index (χ0n) is 22.7. The number of halogens is 1. The van der Waals surface area contributed by atoms with E-state index < -0.39 is 11.9 Å². The Bertz CT molecular complexity index is 1420. The number of fused-ring (bicyclic) bond motifs is 1. The molecule has 3 heterocycles. The molecule has 9 heteroatoms. The van der Waals surface area contributed by atoms with Crippen molar-refractivity contribution < 1.29 is 19.1 Å². The molecule has 0 aliphatic carbocycles. The van der Waals surface area contributed by atoms with Crippen molar-refractivity contribution in [3.05, 3.63) is 101 Å². The predicted molar refractivity (Wildman–Crippen MR) is 163 cm³/mol. The lowest BCUT2D eigenvalue weighted by molar-refractivity contribution is -0.136. The summed E-state index contributed by atoms with van der Waals surface area (Å²) >= 11 is 2.51. The second-order valence-electron chi connectivity index (χ2n) is 10.9. The van der Waals surface area contributed by atoms with Crippen molar-refractivity contribution in [3.8, 4) is 5.75 Å². The van der Waals surface area contributed by atoms with Crippen LogP contribution in [-0.2, 0) is 22.7 Å². The van der Waals surface area contributed by atoms with Gasteiger partial charge in [-0.1, -0.05) is 83.3 Å². The van der Waals surface area contributed by atoms with Crippen LogP contribution in [0.4, 0.5) is 0 Å². The highest BCUT2D eigenvalue weighted by Gasteiger charge is 2.39. The zero-order chi connectivity index (χ0) is 28.3. The molecule has 0 spiro atoms. The third-order valence-electron chi connectivity index (χ3n) is 8.18. The SMILES string of the molecule is O=C1CCC(N2Cc3cc(O[C@H]4CN([C@@H](I)c5ccccc5)CCC4NCc4ccccc4)ccc3C2=O)C(=O)N1. The summed E-state index contributed by atoms with van der Waals surface area (Å²) in [4.78, 5) is 41.2. The maximum absolute atomic E-state index is 13.2. The summed E-state index contributed by atoms with van der Waals surface area (Å²) in [5.74, 6) is -0.156. The van der Waals surface area contributed by atoms with E-state index in [1.165, 1.54) is 11.1 Å². The van der Waals surface area contributed by atoms with Crippen molar-refractivity contribution in [1.82, 2.24) is 20.4 Å². The Morgan fingerprint density at radius 2 is 1.73 bits per heavy atom. The number of hydrogen-bond donors (Lipinski definition) is 2. The van der Waals surface area contributed by atoms with Crippen LogP contribution < -0.4 is 15.4 Å². The molecule has 0 radical (unpaired) electrons. The van der Waals surface area contributed by atoms with Gasteiger partial charge in [0.05, 0.1) is 4.05 Å². The fourth-order valence-corrected chi connectivity index (χ4v) is 6.89. The van der Waals surface area contributed by atoms with Gasteiger partial charge in [0.1, 0.15) is 17.9 Å². The number of carbonyl (C=O) groups excluding carboxylic acids is 3. The average molecular weight is 665 g/mol. The van der Waals surface area contributed by atoms with Gasteiger partial charge in [0.25, 0.3) is 5.91 Å². The molecular weight excluding hydrogens is 631 g/mol. The van der Waals surface area contributed by atoms with E-state index in [1.54, 1.807) is 11.0 Å². The summed E-state index contributed by atoms with van der Waals surface area (Å²) in [6.45, 7) is 2.80. The third-order valence-corrected chi connectivity index (χ3v) is 9.69. The second-order valence-corrected chi connectivity index (χ2v) is 12.1. The Kier molecular flexibility index (Phi) is 8.36. The summed E-state index contributed by atoms with van der Waals surface area (Å²) in [7, 11) is 0. The fourth-order valence-electron chi connectivity index (χ4n) is 5.97. The van der Waals surface area contributed by atoms with Crippen LogP contribution in [0, 0.1) is 0 Å². The number of alkyl halides is 1. The van der Waals surface area contributed by atoms with Crippen molar-refractivity contribution in [2.75, 3.05) is 13.1 Å². The van der Waals surface area contributed by atoms with E-state index in [4.69, 9.17) is 4.74 Å². The van der Waals surface area contributed by atoms with Crippen LogP contribution in [0.25, 0.3) is 0 Å². The minimum atomic E-state index is -0.631. The smallest absolute Gasteiger partial charge is 0.255 e. The Morgan fingerprint density at radius 3 is 2.49 bits per heavy atom. The molecule has 3 amide bonds. The number of piperidine rings is 2. The van der Waals surface area contributed by atoms with Crippen molar-refractivity contribution in [2.24, 2.45) is 0 Å². The number of hydrogen-bond acceptors (Lipinski definition) is 6. The molecule has 8 nitrogen and oxygen atoms in total. The summed E-state index contributed by atoms with van der Waals surface area (Å²) in [6, 6.07) is 26.0. The van der Waals surface area contributed by atoms with Crippen molar-refractivity contribution in [3.63, 3.8) is 0 Å². The number of likely N-dealkylation sites (tertiary alicyclic amines) is 1. The molecule has 2 N–H and O–H groups in total. The molecule has 0 bridgehead atoms. The average Bonchev–Trinajstić information content (AvgIpc) is 3.32. The van der Waals surface area contributed by atoms with E-state index in [-0.39, 0.29) is 34.4 Å². The molecule has 4 atom stereocenters. The number of carbonyl (C=O) groups is 3. The van der Waals surface area contributed by atoms with Gasteiger partial charge in [0, 0.05) is 44.2 Å². The summed E-state index contributed by atoms with van der Waals surface area (Å²) in [6.07, 6.45) is 1.42. The molecule has 3 aromatic carbocycles. The molecule has 3 aromatic rings. The molecule has 0 aromatic heterocycles. The fraction of sp³-hybridized carbons (Fsp3) is 0.344. The highest BCUT2D eigenvalue weighted by Crippen LogP contribution is 2.34. The van der Waals surface area contributed by atoms with Crippen LogP contribution >= 0.6 is 22.6 Å². The monoisotopic (exact) mass is 664 g/mol. The maximum atomic E-state index is 13.2. The van der Waals surface area contributed by atoms with E-state index in [0.29, 0.717) is 24.3 Å². The lowest BCUT2D eigenvalue weighted by Crippen LogP contribution is -2.55. The van der Waals surface area contributed by atoms with Crippen LogP contribution in [0.5, 0.6) is 5.75 Å². The first-order chi connectivity index (χ1) is 20.0. The van der Waals surface area contributed by atoms with Crippen LogP contribution in [0.15, 0.2) is 78.9 Å². The summed E-state index contributed by atoms with van der Waals surface area (Å²) in [5, 5.41) is 6.10. The summed E-state index contributed by atoms with van der Waals surface area (Å²) in [5.41, 5.74) is 3.93. The van der Waals surface area contributed by atoms with Crippen LogP contribution in [0.1, 0.15) is 50.4 Å². The number of ether oxygens (including phenoxy) is 1. The largest absolute Gasteiger partial charge is 0.487 e. The number of amides is 3. The van der Waals surface area contributed by atoms with E-state index in [0.717, 1.165) is 31.6 Å². The number of nitrogens with zero attached hydrogens (tertiary/aromatic N) is 2. The molecule has 0 saturated carbocycles. The maximum Gasteiger partial charge on any atom is 0.255 e. The first kappa shape index (κ1) is 27.9. The lowest BCUT2D eigenvalue weighted by atomic mass is 10.00. The zero-order valence-corrected chi connectivity index (χ0v) is 24.8. The highest BCUT2D eigenvalue weighted by atomic mass is 127. The minimum Gasteiger partial charge on any atom is -0.487 e. The minimum absolute atomic E-state index is 0.102. The van der Waals surface area contributed by atoms with Crippen LogP contribution in [0.3, 0.4) is 0 Å². The van der Waals surface area contributed by atoms with Crippen molar-refractivity contribution in [2.45, 2.75) is 54.6 Å². The number of imide groups is 1. The second kappa shape index (κ2) is 12.3. The normalized spacial score (nSPS) is 23.7. The molecule has 2 saturated heterocycles. The van der Waals surface area contributed by atoms with E-state index in [2.05, 4.69) is 86.7 Å². The quantitative estimate of drug-likeness (QED) is 0.163. The highest BCUT2D eigenvalue weighted by molar-refractivity contribution is 14.1. The van der Waals surface area contributed by atoms with E-state index in [9.17, 15) is 14.4 Å². The molecule has 3 aliphatic heterocycles. The van der Waals surface area contributed by atoms with E-state index >= 15 is 0 Å². The number of benzene rings is 3. The molecule has 3 aliphatic rings. The topological polar surface area (TPSA) is 91.0 Å². The Morgan fingerprint density at radius 1 is 0.976 bits per heavy atom.